The Labute approximate surface area is 137 Å². The molecule has 24 heavy (non-hydrogen) atoms. The number of ether oxygens (including phenoxy) is 2. The summed E-state index contributed by atoms with van der Waals surface area (Å²) >= 11 is 0. The number of phenolic OH excluding ortho intramolecular Hbond substituents is 2. The van der Waals surface area contributed by atoms with Gasteiger partial charge in [-0.25, -0.2) is 0 Å². The molecular weight excluding hydrogens is 312 g/mol. The summed E-state index contributed by atoms with van der Waals surface area (Å²) < 4.78 is 11.5. The Morgan fingerprint density at radius 3 is 2.67 bits per heavy atom. The number of fused-ring (bicyclic) bond motifs is 3. The number of aliphatic hydroxyl groups excluding tert-OH is 1. The third-order valence-electron chi connectivity index (χ3n) is 4.42. The topological polar surface area (TPSA) is 96.2 Å². The molecule has 2 aliphatic heterocycles. The third kappa shape index (κ3) is 1.92. The number of hydrogen-bond donors (Lipinski definition) is 3. The van der Waals surface area contributed by atoms with Crippen LogP contribution >= 0.6 is 0 Å². The molecular formula is C18H16O6. The van der Waals surface area contributed by atoms with Gasteiger partial charge >= 0.3 is 0 Å². The molecule has 1 aliphatic carbocycles. The highest BCUT2D eigenvalue weighted by molar-refractivity contribution is 6.04. The molecule has 1 aromatic carbocycles. The van der Waals surface area contributed by atoms with E-state index in [2.05, 4.69) is 0 Å². The Kier molecular flexibility index (Phi) is 2.79. The molecule has 0 saturated heterocycles. The van der Waals surface area contributed by atoms with E-state index in [1.807, 2.05) is 19.9 Å². The first kappa shape index (κ1) is 14.7. The van der Waals surface area contributed by atoms with Gasteiger partial charge in [0.1, 0.15) is 29.1 Å². The normalized spacial score (nSPS) is 26.6. The molecule has 0 aromatic heterocycles. The van der Waals surface area contributed by atoms with Crippen molar-refractivity contribution in [1.29, 1.82) is 0 Å². The molecule has 0 spiro atoms. The molecule has 1 aromatic rings. The maximum atomic E-state index is 12.8. The third-order valence-corrected chi connectivity index (χ3v) is 4.42. The van der Waals surface area contributed by atoms with Gasteiger partial charge in [0.15, 0.2) is 17.3 Å². The van der Waals surface area contributed by atoms with E-state index in [9.17, 15) is 20.1 Å². The number of ketones is 1. The summed E-state index contributed by atoms with van der Waals surface area (Å²) in [6.07, 6.45) is 4.34. The van der Waals surface area contributed by atoms with E-state index in [-0.39, 0.29) is 28.6 Å². The zero-order valence-corrected chi connectivity index (χ0v) is 13.1. The van der Waals surface area contributed by atoms with Crippen molar-refractivity contribution in [3.05, 3.63) is 53.0 Å². The van der Waals surface area contributed by atoms with Crippen LogP contribution in [0.1, 0.15) is 24.2 Å². The van der Waals surface area contributed by atoms with E-state index in [0.717, 1.165) is 0 Å². The maximum Gasteiger partial charge on any atom is 0.201 e. The lowest BCUT2D eigenvalue weighted by Crippen LogP contribution is -2.41. The first-order valence-corrected chi connectivity index (χ1v) is 7.58. The van der Waals surface area contributed by atoms with Crippen molar-refractivity contribution in [3.8, 4) is 17.2 Å². The van der Waals surface area contributed by atoms with E-state index in [0.29, 0.717) is 11.3 Å². The summed E-state index contributed by atoms with van der Waals surface area (Å²) in [6.45, 7) is 3.74. The van der Waals surface area contributed by atoms with Crippen LogP contribution in [0.15, 0.2) is 47.5 Å². The van der Waals surface area contributed by atoms with Crippen molar-refractivity contribution >= 4 is 5.78 Å². The average molecular weight is 328 g/mol. The number of hydrogen-bond acceptors (Lipinski definition) is 6. The van der Waals surface area contributed by atoms with Crippen LogP contribution in [-0.4, -0.2) is 32.8 Å². The zero-order chi connectivity index (χ0) is 17.2. The highest BCUT2D eigenvalue weighted by atomic mass is 16.5. The standard InChI is InChI=1S/C18H16O6/c1-18(2)6-5-8-11(24-18)7-12-13(14(8)20)15(21)9-3-4-10(19)16(22)17(9)23-12/h3-7,12-13,19-20,22H,1-2H3. The second-order valence-electron chi connectivity index (χ2n) is 6.60. The lowest BCUT2D eigenvalue weighted by molar-refractivity contribution is 0.0554. The fourth-order valence-corrected chi connectivity index (χ4v) is 3.20. The summed E-state index contributed by atoms with van der Waals surface area (Å²) in [7, 11) is 0. The Balaban J connectivity index is 1.86. The predicted molar refractivity (Wildman–Crippen MR) is 84.0 cm³/mol. The van der Waals surface area contributed by atoms with Gasteiger partial charge in [-0.15, -0.1) is 0 Å². The SMILES string of the molecule is CC1(C)C=CC2=C(O)C3C(=O)c4ccc(O)c(O)c4OC3C=C2O1. The number of Topliss-reactive ketones (excluding diaryl/α,β-unsaturated/α-hetero) is 1. The minimum atomic E-state index is -0.908. The maximum absolute atomic E-state index is 12.8. The number of carbonyl (C=O) groups excluding carboxylic acids is 1. The number of aromatic hydroxyl groups is 2. The van der Waals surface area contributed by atoms with Crippen LogP contribution in [0, 0.1) is 5.92 Å². The second kappa shape index (κ2) is 4.56. The van der Waals surface area contributed by atoms with Gasteiger partial charge in [0.25, 0.3) is 0 Å². The van der Waals surface area contributed by atoms with Crippen LogP contribution in [-0.2, 0) is 4.74 Å². The van der Waals surface area contributed by atoms with Crippen LogP contribution < -0.4 is 4.74 Å². The molecule has 3 aliphatic rings. The zero-order valence-electron chi connectivity index (χ0n) is 13.1. The highest BCUT2D eigenvalue weighted by Gasteiger charge is 2.45. The van der Waals surface area contributed by atoms with Crippen LogP contribution in [0.3, 0.4) is 0 Å². The van der Waals surface area contributed by atoms with Gasteiger partial charge in [-0.2, -0.15) is 0 Å². The van der Waals surface area contributed by atoms with Crippen molar-refractivity contribution in [2.75, 3.05) is 0 Å². The largest absolute Gasteiger partial charge is 0.511 e. The number of allylic oxidation sites excluding steroid dienone is 1. The predicted octanol–water partition coefficient (Wildman–Crippen LogP) is 2.73. The lowest BCUT2D eigenvalue weighted by Gasteiger charge is -2.38. The molecule has 4 rings (SSSR count). The molecule has 0 bridgehead atoms. The quantitative estimate of drug-likeness (QED) is 0.634. The first-order chi connectivity index (χ1) is 11.3. The van der Waals surface area contributed by atoms with Crippen molar-refractivity contribution in [1.82, 2.24) is 0 Å². The molecule has 2 unspecified atom stereocenters. The highest BCUT2D eigenvalue weighted by Crippen LogP contribution is 2.47. The summed E-state index contributed by atoms with van der Waals surface area (Å²) in [5.74, 6) is -1.92. The summed E-state index contributed by atoms with van der Waals surface area (Å²) in [6, 6.07) is 2.59. The van der Waals surface area contributed by atoms with Gasteiger partial charge < -0.3 is 24.8 Å². The number of phenols is 2. The van der Waals surface area contributed by atoms with Crippen molar-refractivity contribution in [3.63, 3.8) is 0 Å². The Morgan fingerprint density at radius 2 is 1.92 bits per heavy atom. The number of carbonyl (C=O) groups is 1. The minimum Gasteiger partial charge on any atom is -0.511 e. The summed E-state index contributed by atoms with van der Waals surface area (Å²) in [5, 5.41) is 30.2. The smallest absolute Gasteiger partial charge is 0.201 e. The van der Waals surface area contributed by atoms with Crippen molar-refractivity contribution < 1.29 is 29.6 Å². The fraction of sp³-hybridized carbons (Fsp3) is 0.278. The molecule has 2 heterocycles. The molecule has 6 heteroatoms. The van der Waals surface area contributed by atoms with Gasteiger partial charge in [0, 0.05) is 6.08 Å². The number of benzene rings is 1. The van der Waals surface area contributed by atoms with Gasteiger partial charge in [0.05, 0.1) is 11.1 Å². The molecule has 124 valence electrons. The molecule has 0 amide bonds. The van der Waals surface area contributed by atoms with E-state index in [1.165, 1.54) is 12.1 Å². The van der Waals surface area contributed by atoms with Crippen LogP contribution in [0.4, 0.5) is 0 Å². The summed E-state index contributed by atoms with van der Waals surface area (Å²) in [4.78, 5) is 12.8. The van der Waals surface area contributed by atoms with Crippen molar-refractivity contribution in [2.24, 2.45) is 5.92 Å². The molecule has 0 radical (unpaired) electrons. The Morgan fingerprint density at radius 1 is 1.17 bits per heavy atom. The van der Waals surface area contributed by atoms with E-state index in [1.54, 1.807) is 12.2 Å². The van der Waals surface area contributed by atoms with E-state index < -0.39 is 23.4 Å². The molecule has 0 fully saturated rings. The molecule has 0 saturated carbocycles. The van der Waals surface area contributed by atoms with E-state index in [4.69, 9.17) is 9.47 Å². The number of rotatable bonds is 0. The Bertz CT molecular complexity index is 859. The average Bonchev–Trinajstić information content (AvgIpc) is 2.50. The van der Waals surface area contributed by atoms with Gasteiger partial charge in [-0.1, -0.05) is 0 Å². The molecule has 2 atom stereocenters. The second-order valence-corrected chi connectivity index (χ2v) is 6.60. The van der Waals surface area contributed by atoms with Crippen LogP contribution in [0.25, 0.3) is 0 Å². The minimum absolute atomic E-state index is 0.0834. The fourth-order valence-electron chi connectivity index (χ4n) is 3.20. The first-order valence-electron chi connectivity index (χ1n) is 7.58. The van der Waals surface area contributed by atoms with Gasteiger partial charge in [0.2, 0.25) is 5.75 Å². The monoisotopic (exact) mass is 328 g/mol. The lowest BCUT2D eigenvalue weighted by atomic mass is 9.81. The molecule has 3 N–H and O–H groups in total. The summed E-state index contributed by atoms with van der Waals surface area (Å²) in [5.41, 5.74) is 0.0370. The van der Waals surface area contributed by atoms with E-state index >= 15 is 0 Å². The Hall–Kier alpha value is -2.89. The van der Waals surface area contributed by atoms with Crippen LogP contribution in [0.5, 0.6) is 17.2 Å². The molecule has 6 nitrogen and oxygen atoms in total. The van der Waals surface area contributed by atoms with Crippen molar-refractivity contribution in [2.45, 2.75) is 25.6 Å². The number of aliphatic hydroxyl groups is 1. The van der Waals surface area contributed by atoms with Crippen LogP contribution in [0.2, 0.25) is 0 Å². The van der Waals surface area contributed by atoms with Gasteiger partial charge in [-0.05, 0) is 38.1 Å². The van der Waals surface area contributed by atoms with Gasteiger partial charge in [-0.3, -0.25) is 4.79 Å².